The summed E-state index contributed by atoms with van der Waals surface area (Å²) in [6.07, 6.45) is 1.46. The van der Waals surface area contributed by atoms with Crippen LogP contribution in [0.25, 0.3) is 0 Å². The zero-order valence-corrected chi connectivity index (χ0v) is 8.75. The van der Waals surface area contributed by atoms with Gasteiger partial charge in [0, 0.05) is 11.6 Å². The quantitative estimate of drug-likeness (QED) is 0.428. The lowest BCUT2D eigenvalue weighted by Crippen LogP contribution is -2.02. The Labute approximate surface area is 88.1 Å². The van der Waals surface area contributed by atoms with Gasteiger partial charge < -0.3 is 4.74 Å². The number of alkyl halides is 1. The number of aldehydes is 1. The number of rotatable bonds is 5. The van der Waals surface area contributed by atoms with E-state index in [0.29, 0.717) is 30.2 Å². The van der Waals surface area contributed by atoms with E-state index in [9.17, 15) is 4.79 Å². The van der Waals surface area contributed by atoms with Crippen molar-refractivity contribution in [3.8, 4) is 5.75 Å². The summed E-state index contributed by atoms with van der Waals surface area (Å²) < 4.78 is 5.35. The molecule has 1 rings (SSSR count). The summed E-state index contributed by atoms with van der Waals surface area (Å²) in [5.74, 6) is 1.08. The van der Waals surface area contributed by atoms with E-state index < -0.39 is 0 Å². The van der Waals surface area contributed by atoms with Crippen LogP contribution in [0.3, 0.4) is 0 Å². The molecule has 0 saturated heterocycles. The van der Waals surface area contributed by atoms with Gasteiger partial charge in [0.1, 0.15) is 11.4 Å². The summed E-state index contributed by atoms with van der Waals surface area (Å²) in [7, 11) is 0. The molecule has 0 N–H and O–H groups in total. The molecule has 1 heterocycles. The molecular formula is C10H12ClNO2. The van der Waals surface area contributed by atoms with Crippen LogP contribution in [0.2, 0.25) is 0 Å². The minimum atomic E-state index is 0.347. The van der Waals surface area contributed by atoms with E-state index in [-0.39, 0.29) is 0 Å². The van der Waals surface area contributed by atoms with Gasteiger partial charge in [0.05, 0.1) is 6.61 Å². The van der Waals surface area contributed by atoms with Crippen LogP contribution in [0.5, 0.6) is 5.75 Å². The third-order valence-corrected chi connectivity index (χ3v) is 1.94. The molecule has 0 amide bonds. The Kier molecular flexibility index (Phi) is 4.40. The van der Waals surface area contributed by atoms with E-state index in [1.54, 1.807) is 6.07 Å². The smallest absolute Gasteiger partial charge is 0.172 e. The zero-order valence-electron chi connectivity index (χ0n) is 8.00. The summed E-state index contributed by atoms with van der Waals surface area (Å²) in [6.45, 7) is 2.34. The molecule has 0 aromatic carbocycles. The first-order valence-corrected chi connectivity index (χ1v) is 4.93. The molecule has 0 atom stereocenters. The Morgan fingerprint density at radius 1 is 1.57 bits per heavy atom. The van der Waals surface area contributed by atoms with Crippen molar-refractivity contribution in [1.29, 1.82) is 0 Å². The number of pyridine rings is 1. The Balaban J connectivity index is 2.70. The van der Waals surface area contributed by atoms with Crippen molar-refractivity contribution in [2.75, 3.05) is 12.5 Å². The van der Waals surface area contributed by atoms with Gasteiger partial charge in [-0.25, -0.2) is 4.98 Å². The van der Waals surface area contributed by atoms with Gasteiger partial charge in [0.25, 0.3) is 0 Å². The van der Waals surface area contributed by atoms with Gasteiger partial charge in [-0.3, -0.25) is 4.79 Å². The monoisotopic (exact) mass is 213 g/mol. The third-order valence-electron chi connectivity index (χ3n) is 1.67. The SMILES string of the molecule is Cc1ccc(OCCCCl)c(C=O)n1. The Hall–Kier alpha value is -1.09. The molecule has 0 radical (unpaired) electrons. The van der Waals surface area contributed by atoms with E-state index in [1.165, 1.54) is 0 Å². The summed E-state index contributed by atoms with van der Waals surface area (Å²) in [5, 5.41) is 0. The zero-order chi connectivity index (χ0) is 10.4. The van der Waals surface area contributed by atoms with Gasteiger partial charge in [-0.2, -0.15) is 0 Å². The molecule has 0 unspecified atom stereocenters. The fourth-order valence-electron chi connectivity index (χ4n) is 1.01. The molecule has 14 heavy (non-hydrogen) atoms. The summed E-state index contributed by atoms with van der Waals surface area (Å²) >= 11 is 5.50. The molecule has 76 valence electrons. The van der Waals surface area contributed by atoms with Crippen LogP contribution < -0.4 is 4.74 Å². The highest BCUT2D eigenvalue weighted by Crippen LogP contribution is 2.15. The number of carbonyl (C=O) groups is 1. The van der Waals surface area contributed by atoms with E-state index in [0.717, 1.165) is 12.1 Å². The topological polar surface area (TPSA) is 39.2 Å². The van der Waals surface area contributed by atoms with Crippen molar-refractivity contribution in [3.05, 3.63) is 23.5 Å². The van der Waals surface area contributed by atoms with Gasteiger partial charge in [-0.1, -0.05) is 0 Å². The van der Waals surface area contributed by atoms with Crippen LogP contribution in [0, 0.1) is 6.92 Å². The molecule has 0 aliphatic rings. The number of ether oxygens (including phenoxy) is 1. The normalized spacial score (nSPS) is 9.86. The van der Waals surface area contributed by atoms with E-state index >= 15 is 0 Å². The average molecular weight is 214 g/mol. The fourth-order valence-corrected chi connectivity index (χ4v) is 1.12. The van der Waals surface area contributed by atoms with Gasteiger partial charge >= 0.3 is 0 Å². The Bertz CT molecular complexity index is 315. The summed E-state index contributed by atoms with van der Waals surface area (Å²) in [5.41, 5.74) is 1.15. The molecule has 0 fully saturated rings. The second kappa shape index (κ2) is 5.60. The first kappa shape index (κ1) is 11.0. The second-order valence-corrected chi connectivity index (χ2v) is 3.22. The molecule has 0 aliphatic heterocycles. The molecular weight excluding hydrogens is 202 g/mol. The lowest BCUT2D eigenvalue weighted by molar-refractivity contribution is 0.111. The van der Waals surface area contributed by atoms with Crippen LogP contribution in [0.1, 0.15) is 22.6 Å². The standard InChI is InChI=1S/C10H12ClNO2/c1-8-3-4-10(9(7-13)12-8)14-6-2-5-11/h3-4,7H,2,5-6H2,1H3. The molecule has 3 nitrogen and oxygen atoms in total. The molecule has 1 aromatic heterocycles. The summed E-state index contributed by atoms with van der Waals surface area (Å²) in [4.78, 5) is 14.7. The van der Waals surface area contributed by atoms with Crippen LogP contribution in [0.15, 0.2) is 12.1 Å². The lowest BCUT2D eigenvalue weighted by Gasteiger charge is -2.06. The highest BCUT2D eigenvalue weighted by Gasteiger charge is 2.03. The van der Waals surface area contributed by atoms with Gasteiger partial charge in [0.2, 0.25) is 0 Å². The first-order chi connectivity index (χ1) is 6.77. The third kappa shape index (κ3) is 3.00. The van der Waals surface area contributed by atoms with Gasteiger partial charge in [-0.15, -0.1) is 11.6 Å². The maximum absolute atomic E-state index is 10.6. The number of hydrogen-bond donors (Lipinski definition) is 0. The maximum Gasteiger partial charge on any atom is 0.172 e. The van der Waals surface area contributed by atoms with Gasteiger partial charge in [0.15, 0.2) is 6.29 Å². The Morgan fingerprint density at radius 2 is 2.36 bits per heavy atom. The number of halogens is 1. The number of nitrogens with zero attached hydrogens (tertiary/aromatic N) is 1. The first-order valence-electron chi connectivity index (χ1n) is 4.39. The lowest BCUT2D eigenvalue weighted by atomic mass is 10.3. The van der Waals surface area contributed by atoms with E-state index in [1.807, 2.05) is 13.0 Å². The molecule has 4 heteroatoms. The number of carbonyl (C=O) groups excluding carboxylic acids is 1. The van der Waals surface area contributed by atoms with Crippen molar-refractivity contribution >= 4 is 17.9 Å². The van der Waals surface area contributed by atoms with Crippen molar-refractivity contribution < 1.29 is 9.53 Å². The molecule has 0 spiro atoms. The van der Waals surface area contributed by atoms with Crippen LogP contribution >= 0.6 is 11.6 Å². The van der Waals surface area contributed by atoms with Crippen LogP contribution in [-0.2, 0) is 0 Å². The maximum atomic E-state index is 10.6. The molecule has 0 aliphatic carbocycles. The van der Waals surface area contributed by atoms with Crippen molar-refractivity contribution in [2.24, 2.45) is 0 Å². The predicted molar refractivity (Wildman–Crippen MR) is 55.2 cm³/mol. The van der Waals surface area contributed by atoms with Crippen LogP contribution in [-0.4, -0.2) is 23.8 Å². The van der Waals surface area contributed by atoms with Crippen molar-refractivity contribution in [3.63, 3.8) is 0 Å². The van der Waals surface area contributed by atoms with Crippen molar-refractivity contribution in [1.82, 2.24) is 4.98 Å². The minimum Gasteiger partial charge on any atom is -0.491 e. The highest BCUT2D eigenvalue weighted by atomic mass is 35.5. The van der Waals surface area contributed by atoms with Crippen molar-refractivity contribution in [2.45, 2.75) is 13.3 Å². The largest absolute Gasteiger partial charge is 0.491 e. The second-order valence-electron chi connectivity index (χ2n) is 2.84. The van der Waals surface area contributed by atoms with E-state index in [2.05, 4.69) is 4.98 Å². The molecule has 0 bridgehead atoms. The number of aromatic nitrogens is 1. The minimum absolute atomic E-state index is 0.347. The molecule has 1 aromatic rings. The summed E-state index contributed by atoms with van der Waals surface area (Å²) in [6, 6.07) is 3.56. The average Bonchev–Trinajstić information content (AvgIpc) is 2.20. The predicted octanol–water partition coefficient (Wildman–Crippen LogP) is 2.21. The number of aryl methyl sites for hydroxylation is 1. The van der Waals surface area contributed by atoms with Gasteiger partial charge in [-0.05, 0) is 25.5 Å². The van der Waals surface area contributed by atoms with E-state index in [4.69, 9.17) is 16.3 Å². The number of hydrogen-bond acceptors (Lipinski definition) is 3. The Morgan fingerprint density at radius 3 is 3.00 bits per heavy atom. The molecule has 0 saturated carbocycles. The fraction of sp³-hybridized carbons (Fsp3) is 0.400. The highest BCUT2D eigenvalue weighted by molar-refractivity contribution is 6.17. The van der Waals surface area contributed by atoms with Crippen LogP contribution in [0.4, 0.5) is 0 Å².